The average Bonchev–Trinajstić information content (AvgIpc) is 2.85. The zero-order valence-corrected chi connectivity index (χ0v) is 20.7. The molecule has 2 heterocycles. The van der Waals surface area contributed by atoms with E-state index in [0.717, 1.165) is 44.3 Å². The summed E-state index contributed by atoms with van der Waals surface area (Å²) in [5, 5.41) is 0. The van der Waals surface area contributed by atoms with Gasteiger partial charge in [0.05, 0.1) is 19.3 Å². The van der Waals surface area contributed by atoms with Gasteiger partial charge in [-0.3, -0.25) is 9.78 Å². The third-order valence-corrected chi connectivity index (χ3v) is 5.77. The summed E-state index contributed by atoms with van der Waals surface area (Å²) in [6.07, 6.45) is 11.7. The van der Waals surface area contributed by atoms with Gasteiger partial charge >= 0.3 is 0 Å². The standard InChI is InChI=1S/C26H40N2O6/c1-5-7-9-11-15-32-19-24-26(34-21-31-4,25(29)28(24)20-30-3)18-22-17-23(13-14-27-22)33-16-12-10-8-6-2/h5-6,13-14,17,24H,1-2,7-12,15-16,18-21H2,3-4H3. The second kappa shape index (κ2) is 15.6. The third kappa shape index (κ3) is 7.91. The highest BCUT2D eigenvalue weighted by atomic mass is 16.7. The number of β-lactam (4-membered cyclic amide) rings is 1. The molecule has 1 saturated heterocycles. The molecule has 34 heavy (non-hydrogen) atoms. The molecular formula is C26H40N2O6. The molecule has 1 aromatic rings. The van der Waals surface area contributed by atoms with Crippen LogP contribution in [0.4, 0.5) is 0 Å². The lowest BCUT2D eigenvalue weighted by atomic mass is 9.78. The zero-order chi connectivity index (χ0) is 24.7. The normalized spacial score (nSPS) is 19.6. The number of pyridine rings is 1. The van der Waals surface area contributed by atoms with Crippen LogP contribution in [0.15, 0.2) is 43.6 Å². The monoisotopic (exact) mass is 476 g/mol. The molecule has 2 unspecified atom stereocenters. The summed E-state index contributed by atoms with van der Waals surface area (Å²) in [5.74, 6) is 0.560. The third-order valence-electron chi connectivity index (χ3n) is 5.77. The lowest BCUT2D eigenvalue weighted by Gasteiger charge is -2.54. The SMILES string of the molecule is C=CCCCCOCC1N(COC)C(=O)C1(Cc1cc(OCCCCC=C)ccn1)OCOC. The molecule has 0 bridgehead atoms. The summed E-state index contributed by atoms with van der Waals surface area (Å²) >= 11 is 0. The van der Waals surface area contributed by atoms with Gasteiger partial charge in [0.15, 0.2) is 5.60 Å². The summed E-state index contributed by atoms with van der Waals surface area (Å²) in [6, 6.07) is 3.37. The predicted molar refractivity (Wildman–Crippen MR) is 131 cm³/mol. The highest BCUT2D eigenvalue weighted by molar-refractivity contribution is 5.93. The van der Waals surface area contributed by atoms with Crippen molar-refractivity contribution in [1.82, 2.24) is 9.88 Å². The number of methoxy groups -OCH3 is 2. The van der Waals surface area contributed by atoms with Gasteiger partial charge in [-0.1, -0.05) is 12.2 Å². The van der Waals surface area contributed by atoms with Gasteiger partial charge < -0.3 is 28.6 Å². The molecule has 1 fully saturated rings. The first-order valence-corrected chi connectivity index (χ1v) is 11.9. The first-order chi connectivity index (χ1) is 16.6. The van der Waals surface area contributed by atoms with Gasteiger partial charge in [-0.25, -0.2) is 0 Å². The van der Waals surface area contributed by atoms with Crippen LogP contribution in [0.2, 0.25) is 0 Å². The topological polar surface area (TPSA) is 79.4 Å². The Morgan fingerprint density at radius 2 is 1.82 bits per heavy atom. The second-order valence-electron chi connectivity index (χ2n) is 8.30. The minimum atomic E-state index is -1.13. The van der Waals surface area contributed by atoms with Crippen molar-refractivity contribution >= 4 is 5.91 Å². The van der Waals surface area contributed by atoms with E-state index in [9.17, 15) is 4.79 Å². The Labute approximate surface area is 203 Å². The number of amides is 1. The van der Waals surface area contributed by atoms with Crippen LogP contribution >= 0.6 is 0 Å². The number of unbranched alkanes of at least 4 members (excludes halogenated alkanes) is 4. The summed E-state index contributed by atoms with van der Waals surface area (Å²) in [5.41, 5.74) is -0.424. The molecule has 0 spiro atoms. The van der Waals surface area contributed by atoms with Gasteiger partial charge in [0, 0.05) is 45.2 Å². The summed E-state index contributed by atoms with van der Waals surface area (Å²) in [7, 11) is 3.10. The fraction of sp³-hybridized carbons (Fsp3) is 0.615. The van der Waals surface area contributed by atoms with Gasteiger partial charge in [-0.05, 0) is 44.6 Å². The molecule has 1 aromatic heterocycles. The highest BCUT2D eigenvalue weighted by Gasteiger charge is 2.62. The number of ether oxygens (including phenoxy) is 5. The molecule has 1 amide bonds. The van der Waals surface area contributed by atoms with Crippen molar-refractivity contribution < 1.29 is 28.5 Å². The van der Waals surface area contributed by atoms with Crippen LogP contribution in [0.25, 0.3) is 0 Å². The molecular weight excluding hydrogens is 436 g/mol. The average molecular weight is 477 g/mol. The van der Waals surface area contributed by atoms with Crippen LogP contribution in [0.1, 0.15) is 44.2 Å². The van der Waals surface area contributed by atoms with Crippen molar-refractivity contribution in [3.8, 4) is 5.75 Å². The molecule has 0 N–H and O–H groups in total. The molecule has 8 heteroatoms. The van der Waals surface area contributed by atoms with Gasteiger partial charge in [-0.2, -0.15) is 0 Å². The Balaban J connectivity index is 2.09. The van der Waals surface area contributed by atoms with Gasteiger partial charge in [0.2, 0.25) is 0 Å². The number of aromatic nitrogens is 1. The van der Waals surface area contributed by atoms with Gasteiger partial charge in [0.25, 0.3) is 5.91 Å². The molecule has 0 aliphatic carbocycles. The van der Waals surface area contributed by atoms with Crippen molar-refractivity contribution in [3.05, 3.63) is 49.3 Å². The predicted octanol–water partition coefficient (Wildman–Crippen LogP) is 3.91. The van der Waals surface area contributed by atoms with Crippen molar-refractivity contribution in [2.45, 2.75) is 56.6 Å². The molecule has 0 aromatic carbocycles. The first kappa shape index (κ1) is 28.0. The number of carbonyl (C=O) groups excluding carboxylic acids is 1. The van der Waals surface area contributed by atoms with Crippen LogP contribution < -0.4 is 4.74 Å². The number of hydrogen-bond acceptors (Lipinski definition) is 7. The van der Waals surface area contributed by atoms with E-state index >= 15 is 0 Å². The molecule has 190 valence electrons. The Kier molecular flexibility index (Phi) is 12.8. The maximum absolute atomic E-state index is 13.3. The van der Waals surface area contributed by atoms with Crippen LogP contribution in [-0.2, 0) is 30.2 Å². The molecule has 0 radical (unpaired) electrons. The lowest BCUT2D eigenvalue weighted by molar-refractivity contribution is -0.239. The maximum atomic E-state index is 13.3. The van der Waals surface area contributed by atoms with Crippen LogP contribution in [0.5, 0.6) is 5.75 Å². The van der Waals surface area contributed by atoms with E-state index in [1.165, 1.54) is 7.11 Å². The number of rotatable bonds is 20. The van der Waals surface area contributed by atoms with Crippen molar-refractivity contribution in [3.63, 3.8) is 0 Å². The van der Waals surface area contributed by atoms with E-state index in [2.05, 4.69) is 18.1 Å². The van der Waals surface area contributed by atoms with E-state index in [-0.39, 0.29) is 31.9 Å². The molecule has 1 aliphatic rings. The second-order valence-corrected chi connectivity index (χ2v) is 8.30. The lowest BCUT2D eigenvalue weighted by Crippen LogP contribution is -2.77. The van der Waals surface area contributed by atoms with Crippen LogP contribution in [0, 0.1) is 0 Å². The molecule has 2 rings (SSSR count). The summed E-state index contributed by atoms with van der Waals surface area (Å²) < 4.78 is 28.3. The first-order valence-electron chi connectivity index (χ1n) is 11.9. The fourth-order valence-electron chi connectivity index (χ4n) is 3.97. The summed E-state index contributed by atoms with van der Waals surface area (Å²) in [4.78, 5) is 19.4. The van der Waals surface area contributed by atoms with Crippen LogP contribution in [0.3, 0.4) is 0 Å². The Hall–Kier alpha value is -2.26. The fourth-order valence-corrected chi connectivity index (χ4v) is 3.97. The van der Waals surface area contributed by atoms with E-state index in [1.807, 2.05) is 24.3 Å². The van der Waals surface area contributed by atoms with Crippen molar-refractivity contribution in [1.29, 1.82) is 0 Å². The van der Waals surface area contributed by atoms with Crippen LogP contribution in [-0.4, -0.2) is 75.0 Å². The van der Waals surface area contributed by atoms with E-state index in [4.69, 9.17) is 23.7 Å². The van der Waals surface area contributed by atoms with E-state index in [1.54, 1.807) is 18.2 Å². The number of likely N-dealkylation sites (tertiary alicyclic amines) is 1. The molecule has 8 nitrogen and oxygen atoms in total. The summed E-state index contributed by atoms with van der Waals surface area (Å²) in [6.45, 7) is 9.20. The maximum Gasteiger partial charge on any atom is 0.259 e. The number of nitrogens with zero attached hydrogens (tertiary/aromatic N) is 2. The Bertz CT molecular complexity index is 759. The Morgan fingerprint density at radius 1 is 1.09 bits per heavy atom. The van der Waals surface area contributed by atoms with Gasteiger partial charge in [-0.15, -0.1) is 13.2 Å². The highest BCUT2D eigenvalue weighted by Crippen LogP contribution is 2.38. The quantitative estimate of drug-likeness (QED) is 0.122. The molecule has 0 saturated carbocycles. The number of allylic oxidation sites excluding steroid dienone is 2. The van der Waals surface area contributed by atoms with E-state index < -0.39 is 5.60 Å². The van der Waals surface area contributed by atoms with Crippen molar-refractivity contribution in [2.75, 3.05) is 47.6 Å². The van der Waals surface area contributed by atoms with Crippen molar-refractivity contribution in [2.24, 2.45) is 0 Å². The Morgan fingerprint density at radius 3 is 2.50 bits per heavy atom. The largest absolute Gasteiger partial charge is 0.493 e. The minimum Gasteiger partial charge on any atom is -0.493 e. The molecule has 1 aliphatic heterocycles. The molecule has 2 atom stereocenters. The minimum absolute atomic E-state index is 0.0120. The van der Waals surface area contributed by atoms with Gasteiger partial charge in [0.1, 0.15) is 19.3 Å². The smallest absolute Gasteiger partial charge is 0.259 e. The zero-order valence-electron chi connectivity index (χ0n) is 20.7. The number of hydrogen-bond donors (Lipinski definition) is 0. The van der Waals surface area contributed by atoms with E-state index in [0.29, 0.717) is 25.5 Å². The number of carbonyl (C=O) groups is 1.